The predicted octanol–water partition coefficient (Wildman–Crippen LogP) is 6.74. The number of anilines is 1. The summed E-state index contributed by atoms with van der Waals surface area (Å²) in [6.07, 6.45) is 1.52. The quantitative estimate of drug-likeness (QED) is 0.227. The summed E-state index contributed by atoms with van der Waals surface area (Å²) in [4.78, 5) is 12.9. The lowest BCUT2D eigenvalue weighted by Crippen LogP contribution is -2.17. The molecular formula is C24H20ClF3N4OS2. The van der Waals surface area contributed by atoms with Crippen LogP contribution in [0.4, 0.5) is 18.9 Å². The van der Waals surface area contributed by atoms with Gasteiger partial charge in [-0.1, -0.05) is 26.8 Å². The zero-order chi connectivity index (χ0) is 25.5. The van der Waals surface area contributed by atoms with Gasteiger partial charge >= 0.3 is 0 Å². The predicted molar refractivity (Wildman–Crippen MR) is 136 cm³/mol. The van der Waals surface area contributed by atoms with E-state index >= 15 is 0 Å². The highest BCUT2D eigenvalue weighted by atomic mass is 35.5. The first-order valence-corrected chi connectivity index (χ1v) is 13.2. The topological polar surface area (TPSA) is 67.8 Å². The number of benzene rings is 2. The van der Waals surface area contributed by atoms with Gasteiger partial charge in [0.25, 0.3) is 0 Å². The Bertz CT molecular complexity index is 1510. The van der Waals surface area contributed by atoms with Crippen LogP contribution in [0.2, 0.25) is 5.28 Å². The summed E-state index contributed by atoms with van der Waals surface area (Å²) >= 11 is 7.40. The SMILES string of the molecule is C=S(=O)(Nc1cc(-c2nc(C(C)(C)C)sc2-c2ccnc(Cl)n2)ccc1F)c1c(F)cccc1F. The summed E-state index contributed by atoms with van der Waals surface area (Å²) in [5, 5.41) is 0.856. The van der Waals surface area contributed by atoms with E-state index in [4.69, 9.17) is 16.6 Å². The minimum atomic E-state index is -3.78. The van der Waals surface area contributed by atoms with Gasteiger partial charge in [-0.05, 0) is 53.9 Å². The van der Waals surface area contributed by atoms with Crippen molar-refractivity contribution in [2.45, 2.75) is 31.1 Å². The molecule has 2 aromatic carbocycles. The van der Waals surface area contributed by atoms with E-state index in [2.05, 4.69) is 20.6 Å². The van der Waals surface area contributed by atoms with E-state index in [1.807, 2.05) is 20.8 Å². The molecule has 0 aliphatic rings. The molecule has 0 radical (unpaired) electrons. The molecular weight excluding hydrogens is 517 g/mol. The normalized spacial score (nSPS) is 13.5. The average molecular weight is 537 g/mol. The molecule has 0 aliphatic carbocycles. The number of nitrogens with zero attached hydrogens (tertiary/aromatic N) is 3. The van der Waals surface area contributed by atoms with Gasteiger partial charge in [-0.2, -0.15) is 0 Å². The minimum absolute atomic E-state index is 0.0596. The molecule has 5 nitrogen and oxygen atoms in total. The van der Waals surface area contributed by atoms with Crippen LogP contribution in [0.25, 0.3) is 21.8 Å². The van der Waals surface area contributed by atoms with Crippen LogP contribution in [0.1, 0.15) is 25.8 Å². The van der Waals surface area contributed by atoms with Gasteiger partial charge in [0.1, 0.15) is 22.3 Å². The van der Waals surface area contributed by atoms with Crippen molar-refractivity contribution in [1.82, 2.24) is 15.0 Å². The highest BCUT2D eigenvalue weighted by Gasteiger charge is 2.25. The first-order chi connectivity index (χ1) is 16.4. The molecule has 1 N–H and O–H groups in total. The standard InChI is InChI=1S/C24H20ClF3N4OS2/c1-24(2,3)22-31-19(20(34-22)17-10-11-29-23(25)30-17)13-8-9-14(26)18(12-13)32-35(4,33)21-15(27)6-5-7-16(21)28/h5-12H,4H2,1-3H3,(H,32,33). The molecule has 35 heavy (non-hydrogen) atoms. The van der Waals surface area contributed by atoms with Gasteiger partial charge in [0, 0.05) is 17.2 Å². The summed E-state index contributed by atoms with van der Waals surface area (Å²) in [6, 6.07) is 8.76. The average Bonchev–Trinajstić information content (AvgIpc) is 3.21. The Labute approximate surface area is 210 Å². The second kappa shape index (κ2) is 9.25. The van der Waals surface area contributed by atoms with Gasteiger partial charge in [-0.3, -0.25) is 0 Å². The van der Waals surface area contributed by atoms with Crippen molar-refractivity contribution >= 4 is 44.2 Å². The van der Waals surface area contributed by atoms with Crippen molar-refractivity contribution in [1.29, 1.82) is 0 Å². The Morgan fingerprint density at radius 2 is 1.71 bits per heavy atom. The van der Waals surface area contributed by atoms with Crippen LogP contribution >= 0.6 is 22.9 Å². The van der Waals surface area contributed by atoms with Gasteiger partial charge in [-0.25, -0.2) is 32.3 Å². The van der Waals surface area contributed by atoms with Gasteiger partial charge in [-0.15, -0.1) is 11.3 Å². The van der Waals surface area contributed by atoms with Crippen LogP contribution in [0.5, 0.6) is 0 Å². The largest absolute Gasteiger partial charge is 0.306 e. The smallest absolute Gasteiger partial charge is 0.222 e. The lowest BCUT2D eigenvalue weighted by atomic mass is 9.98. The Balaban J connectivity index is 1.84. The van der Waals surface area contributed by atoms with Gasteiger partial charge < -0.3 is 4.72 Å². The monoisotopic (exact) mass is 536 g/mol. The van der Waals surface area contributed by atoms with Crippen molar-refractivity contribution in [2.75, 3.05) is 4.72 Å². The van der Waals surface area contributed by atoms with Crippen LogP contribution in [0, 0.1) is 17.5 Å². The Kier molecular flexibility index (Phi) is 6.65. The summed E-state index contributed by atoms with van der Waals surface area (Å²) < 4.78 is 58.8. The van der Waals surface area contributed by atoms with E-state index in [0.717, 1.165) is 29.3 Å². The molecule has 4 aromatic rings. The molecule has 0 spiro atoms. The van der Waals surface area contributed by atoms with E-state index in [1.165, 1.54) is 29.7 Å². The summed E-state index contributed by atoms with van der Waals surface area (Å²) in [6.45, 7) is 6.01. The summed E-state index contributed by atoms with van der Waals surface area (Å²) in [5.74, 6) is 0.559. The van der Waals surface area contributed by atoms with Crippen LogP contribution in [-0.4, -0.2) is 25.0 Å². The highest BCUT2D eigenvalue weighted by Crippen LogP contribution is 2.41. The summed E-state index contributed by atoms with van der Waals surface area (Å²) in [5.41, 5.74) is 0.947. The number of thiazole rings is 1. The van der Waals surface area contributed by atoms with Gasteiger partial charge in [0.2, 0.25) is 5.28 Å². The number of hydrogen-bond acceptors (Lipinski definition) is 5. The number of hydrogen-bond donors (Lipinski definition) is 1. The molecule has 182 valence electrons. The van der Waals surface area contributed by atoms with E-state index in [1.54, 1.807) is 6.07 Å². The number of rotatable bonds is 5. The third-order valence-corrected chi connectivity index (χ3v) is 8.18. The van der Waals surface area contributed by atoms with Crippen LogP contribution in [0.15, 0.2) is 53.6 Å². The fourth-order valence-corrected chi connectivity index (χ4v) is 5.89. The third-order valence-electron chi connectivity index (χ3n) is 4.89. The molecule has 0 bridgehead atoms. The maximum atomic E-state index is 14.7. The molecule has 0 aliphatic heterocycles. The van der Waals surface area contributed by atoms with Crippen molar-refractivity contribution in [2.24, 2.45) is 0 Å². The molecule has 0 fully saturated rings. The number of aromatic nitrogens is 3. The van der Waals surface area contributed by atoms with Gasteiger partial charge in [0.05, 0.1) is 36.7 Å². The molecule has 1 unspecified atom stereocenters. The van der Waals surface area contributed by atoms with Crippen LogP contribution < -0.4 is 4.72 Å². The Morgan fingerprint density at radius 3 is 2.34 bits per heavy atom. The lowest BCUT2D eigenvalue weighted by molar-refractivity contribution is 0.534. The molecule has 0 saturated carbocycles. The molecule has 2 aromatic heterocycles. The molecule has 0 amide bonds. The highest BCUT2D eigenvalue weighted by molar-refractivity contribution is 8.01. The van der Waals surface area contributed by atoms with Crippen molar-refractivity contribution in [3.8, 4) is 21.8 Å². The Hall–Kier alpha value is -2.95. The number of nitrogens with one attached hydrogen (secondary N) is 1. The maximum absolute atomic E-state index is 14.7. The molecule has 11 heteroatoms. The Morgan fingerprint density at radius 1 is 1.03 bits per heavy atom. The zero-order valence-electron chi connectivity index (χ0n) is 18.9. The zero-order valence-corrected chi connectivity index (χ0v) is 21.3. The fraction of sp³-hybridized carbons (Fsp3) is 0.167. The molecule has 4 rings (SSSR count). The minimum Gasteiger partial charge on any atom is -0.306 e. The third kappa shape index (κ3) is 5.19. The van der Waals surface area contributed by atoms with Gasteiger partial charge in [0.15, 0.2) is 0 Å². The second-order valence-electron chi connectivity index (χ2n) is 8.68. The lowest BCUT2D eigenvalue weighted by Gasteiger charge is -2.16. The molecule has 0 saturated heterocycles. The van der Waals surface area contributed by atoms with E-state index < -0.39 is 32.1 Å². The molecule has 2 heterocycles. The van der Waals surface area contributed by atoms with Crippen LogP contribution in [-0.2, 0) is 15.1 Å². The van der Waals surface area contributed by atoms with E-state index in [9.17, 15) is 17.4 Å². The molecule has 1 atom stereocenters. The van der Waals surface area contributed by atoms with E-state index in [-0.39, 0.29) is 16.4 Å². The maximum Gasteiger partial charge on any atom is 0.222 e. The van der Waals surface area contributed by atoms with Crippen LogP contribution in [0.3, 0.4) is 0 Å². The first kappa shape index (κ1) is 25.2. The van der Waals surface area contributed by atoms with Crippen molar-refractivity contribution in [3.05, 3.63) is 76.4 Å². The van der Waals surface area contributed by atoms with Crippen molar-refractivity contribution in [3.63, 3.8) is 0 Å². The van der Waals surface area contributed by atoms with E-state index in [0.29, 0.717) is 21.8 Å². The number of halogens is 4. The first-order valence-electron chi connectivity index (χ1n) is 10.3. The second-order valence-corrected chi connectivity index (χ2v) is 12.0. The van der Waals surface area contributed by atoms with Crippen molar-refractivity contribution < 1.29 is 17.4 Å². The summed E-state index contributed by atoms with van der Waals surface area (Å²) in [7, 11) is -3.78. The fourth-order valence-electron chi connectivity index (χ4n) is 3.25.